The average Bonchev–Trinajstić information content (AvgIpc) is 3.25. The first-order valence-corrected chi connectivity index (χ1v) is 11.2. The zero-order valence-corrected chi connectivity index (χ0v) is 18.2. The fourth-order valence-corrected chi connectivity index (χ4v) is 3.99. The molecule has 7 nitrogen and oxygen atoms in total. The Balaban J connectivity index is 1.64. The number of amidine groups is 2. The third-order valence-electron chi connectivity index (χ3n) is 5.00. The van der Waals surface area contributed by atoms with Crippen LogP contribution in [0.2, 0.25) is 0 Å². The Bertz CT molecular complexity index is 1370. The molecule has 6 rings (SSSR count). The summed E-state index contributed by atoms with van der Waals surface area (Å²) < 4.78 is 0. The number of aromatic amines is 1. The molecule has 0 unspecified atom stereocenters. The summed E-state index contributed by atoms with van der Waals surface area (Å²) in [5.41, 5.74) is 7.96. The van der Waals surface area contributed by atoms with Crippen molar-refractivity contribution in [1.29, 1.82) is 0 Å². The van der Waals surface area contributed by atoms with Crippen LogP contribution in [0.25, 0.3) is 10.9 Å². The van der Waals surface area contributed by atoms with Gasteiger partial charge < -0.3 is 10.1 Å². The summed E-state index contributed by atoms with van der Waals surface area (Å²) in [7, 11) is 0. The van der Waals surface area contributed by atoms with E-state index in [0.717, 1.165) is 50.9 Å². The molecule has 162 valence electrons. The number of hydrogen-bond donors (Lipinski definition) is 3. The van der Waals surface area contributed by atoms with E-state index in [1.165, 1.54) is 0 Å². The molecule has 2 bridgehead atoms. The average molecular weight is 454 g/mol. The summed E-state index contributed by atoms with van der Waals surface area (Å²) in [4.78, 5) is 24.0. The van der Waals surface area contributed by atoms with E-state index < -0.39 is 5.97 Å². The lowest BCUT2D eigenvalue weighted by Gasteiger charge is -2.09. The van der Waals surface area contributed by atoms with Crippen LogP contribution in [0.5, 0.6) is 0 Å². The van der Waals surface area contributed by atoms with Gasteiger partial charge in [0.05, 0.1) is 22.8 Å². The molecule has 0 saturated carbocycles. The fraction of sp³-hybridized carbons (Fsp3) is 0.0400. The van der Waals surface area contributed by atoms with Gasteiger partial charge in [0.2, 0.25) is 0 Å². The first-order chi connectivity index (χ1) is 16.2. The topological polar surface area (TPSA) is 102 Å². The highest BCUT2D eigenvalue weighted by molar-refractivity contribution is 8.14. The third-order valence-corrected chi connectivity index (χ3v) is 5.84. The van der Waals surface area contributed by atoms with Crippen molar-refractivity contribution in [1.82, 2.24) is 10.4 Å². The smallest absolute Gasteiger partial charge is 0.313 e. The lowest BCUT2D eigenvalue weighted by molar-refractivity contribution is -0.133. The van der Waals surface area contributed by atoms with Crippen molar-refractivity contribution in [3.8, 4) is 0 Å². The number of fused-ring (bicyclic) bond motifs is 6. The van der Waals surface area contributed by atoms with Gasteiger partial charge >= 0.3 is 5.97 Å². The normalized spacial score (nSPS) is 15.1. The third kappa shape index (κ3) is 4.70. The van der Waals surface area contributed by atoms with Crippen LogP contribution < -0.4 is 5.43 Å². The highest BCUT2D eigenvalue weighted by Crippen LogP contribution is 2.22. The number of H-pyrrole nitrogens is 1. The van der Waals surface area contributed by atoms with Gasteiger partial charge in [-0.05, 0) is 24.3 Å². The monoisotopic (exact) mass is 453 g/mol. The number of nitrogens with one attached hydrogen (secondary N) is 2. The van der Waals surface area contributed by atoms with Crippen LogP contribution in [0.4, 0.5) is 5.69 Å². The first kappa shape index (κ1) is 20.7. The van der Waals surface area contributed by atoms with E-state index >= 15 is 0 Å². The minimum atomic E-state index is -0.942. The van der Waals surface area contributed by atoms with E-state index in [9.17, 15) is 9.90 Å². The quantitative estimate of drug-likeness (QED) is 0.414. The molecule has 0 radical (unpaired) electrons. The van der Waals surface area contributed by atoms with Crippen LogP contribution in [0, 0.1) is 0 Å². The van der Waals surface area contributed by atoms with Crippen molar-refractivity contribution in [3.63, 3.8) is 0 Å². The number of benzene rings is 3. The molecule has 3 aromatic carbocycles. The van der Waals surface area contributed by atoms with Gasteiger partial charge in [0.1, 0.15) is 0 Å². The van der Waals surface area contributed by atoms with Crippen LogP contribution in [0.3, 0.4) is 0 Å². The van der Waals surface area contributed by atoms with Gasteiger partial charge in [-0.3, -0.25) is 10.2 Å². The Labute approximate surface area is 194 Å². The van der Waals surface area contributed by atoms with E-state index in [0.29, 0.717) is 11.0 Å². The van der Waals surface area contributed by atoms with E-state index in [1.807, 2.05) is 84.9 Å². The van der Waals surface area contributed by atoms with Crippen molar-refractivity contribution >= 4 is 51.0 Å². The fourth-order valence-electron chi connectivity index (χ4n) is 3.47. The van der Waals surface area contributed by atoms with Gasteiger partial charge in [-0.2, -0.15) is 5.10 Å². The van der Waals surface area contributed by atoms with Crippen molar-refractivity contribution in [2.24, 2.45) is 15.1 Å². The molecular formula is C25H19N5O2S. The number of aromatic nitrogens is 1. The Morgan fingerprint density at radius 2 is 1.61 bits per heavy atom. The number of carbonyl (C=O) groups is 1. The maximum atomic E-state index is 11.2. The molecule has 2 aliphatic rings. The van der Waals surface area contributed by atoms with Crippen molar-refractivity contribution in [3.05, 3.63) is 102 Å². The molecule has 0 fully saturated rings. The molecule has 0 amide bonds. The Hall–Kier alpha value is -4.17. The molecule has 33 heavy (non-hydrogen) atoms. The number of hydrazone groups is 1. The molecule has 0 aliphatic carbocycles. The Kier molecular flexibility index (Phi) is 5.73. The summed E-state index contributed by atoms with van der Waals surface area (Å²) in [6.07, 6.45) is 0. The summed E-state index contributed by atoms with van der Waals surface area (Å²) in [5.74, 6) is -0.675. The molecule has 8 heteroatoms. The number of hydrogen-bond acceptors (Lipinski definition) is 6. The Morgan fingerprint density at radius 3 is 2.36 bits per heavy atom. The number of nitrogens with zero attached hydrogens (tertiary/aromatic N) is 3. The molecule has 2 aliphatic heterocycles. The maximum Gasteiger partial charge on any atom is 0.313 e. The van der Waals surface area contributed by atoms with Crippen LogP contribution in [0.1, 0.15) is 16.8 Å². The number of aliphatic carboxylic acids is 1. The number of thioether (sulfide) groups is 1. The second-order valence-corrected chi connectivity index (χ2v) is 8.25. The van der Waals surface area contributed by atoms with E-state index in [1.54, 1.807) is 0 Å². The minimum Gasteiger partial charge on any atom is -0.481 e. The second-order valence-electron chi connectivity index (χ2n) is 7.29. The number of rotatable bonds is 4. The van der Waals surface area contributed by atoms with E-state index in [2.05, 4.69) is 20.5 Å². The molecule has 4 aromatic rings. The SMILES string of the molecule is O=C(O)CSC1=NC(c2cc3ccccc3[nH]2)=Nc2ccc(cc2)/C(c2ccccc2)=N\N1. The van der Waals surface area contributed by atoms with E-state index in [-0.39, 0.29) is 5.75 Å². The highest BCUT2D eigenvalue weighted by Gasteiger charge is 2.14. The molecule has 1 aromatic heterocycles. The second kappa shape index (κ2) is 9.13. The molecule has 0 atom stereocenters. The van der Waals surface area contributed by atoms with Crippen molar-refractivity contribution in [2.75, 3.05) is 5.75 Å². The van der Waals surface area contributed by atoms with Crippen LogP contribution >= 0.6 is 11.8 Å². The van der Waals surface area contributed by atoms with Gasteiger partial charge in [-0.15, -0.1) is 0 Å². The molecule has 0 saturated heterocycles. The van der Waals surface area contributed by atoms with E-state index in [4.69, 9.17) is 4.99 Å². The summed E-state index contributed by atoms with van der Waals surface area (Å²) >= 11 is 1.05. The summed E-state index contributed by atoms with van der Waals surface area (Å²) in [5, 5.41) is 15.2. The van der Waals surface area contributed by atoms with Gasteiger partial charge in [-0.1, -0.05) is 72.4 Å². The first-order valence-electron chi connectivity index (χ1n) is 10.3. The minimum absolute atomic E-state index is 0.161. The number of carboxylic acid groups (broad SMARTS) is 1. The van der Waals surface area contributed by atoms with Gasteiger partial charge in [0, 0.05) is 22.0 Å². The van der Waals surface area contributed by atoms with Gasteiger partial charge in [0.15, 0.2) is 11.0 Å². The molecule has 0 spiro atoms. The number of aliphatic imine (C=N–C) groups is 2. The van der Waals surface area contributed by atoms with Crippen LogP contribution in [0.15, 0.2) is 100 Å². The van der Waals surface area contributed by atoms with Crippen LogP contribution in [-0.4, -0.2) is 38.5 Å². The lowest BCUT2D eigenvalue weighted by atomic mass is 10.0. The van der Waals surface area contributed by atoms with Gasteiger partial charge in [-0.25, -0.2) is 9.98 Å². The summed E-state index contributed by atoms with van der Waals surface area (Å²) in [6, 6.07) is 27.4. The maximum absolute atomic E-state index is 11.2. The predicted molar refractivity (Wildman–Crippen MR) is 134 cm³/mol. The molecule has 3 N–H and O–H groups in total. The highest BCUT2D eigenvalue weighted by atomic mass is 32.2. The molecule has 3 heterocycles. The Morgan fingerprint density at radius 1 is 0.879 bits per heavy atom. The standard InChI is InChI=1S/C25H19N5O2S/c31-22(32)15-33-25-28-24(21-14-18-8-4-5-9-20(18)27-21)26-19-12-10-17(11-13-19)23(29-30-25)16-6-2-1-3-7-16/h1-14,27H,15H2,(H,31,32)(H,26,28,30)/b29-23-. The lowest BCUT2D eigenvalue weighted by Crippen LogP contribution is -2.21. The number of para-hydroxylation sites is 1. The predicted octanol–water partition coefficient (Wildman–Crippen LogP) is 4.78. The molecular weight excluding hydrogens is 434 g/mol. The van der Waals surface area contributed by atoms with Gasteiger partial charge in [0.25, 0.3) is 0 Å². The van der Waals surface area contributed by atoms with Crippen molar-refractivity contribution < 1.29 is 9.90 Å². The number of carboxylic acids is 1. The van der Waals surface area contributed by atoms with Crippen LogP contribution in [-0.2, 0) is 4.79 Å². The zero-order chi connectivity index (χ0) is 22.6. The summed E-state index contributed by atoms with van der Waals surface area (Å²) in [6.45, 7) is 0. The largest absolute Gasteiger partial charge is 0.481 e. The zero-order valence-electron chi connectivity index (χ0n) is 17.4. The van der Waals surface area contributed by atoms with Crippen molar-refractivity contribution in [2.45, 2.75) is 0 Å².